The Kier molecular flexibility index (Phi) is 2.88. The van der Waals surface area contributed by atoms with E-state index in [-0.39, 0.29) is 0 Å². The van der Waals surface area contributed by atoms with Crippen LogP contribution in [0.15, 0.2) is 36.6 Å². The monoisotopic (exact) mass is 295 g/mol. The summed E-state index contributed by atoms with van der Waals surface area (Å²) < 4.78 is 21.8. The minimum absolute atomic E-state index is 0.363. The molecule has 0 amide bonds. The normalized spacial score (nSPS) is 25.9. The van der Waals surface area contributed by atoms with Crippen LogP contribution in [0.25, 0.3) is 11.9 Å². The Bertz CT molecular complexity index is 815. The van der Waals surface area contributed by atoms with E-state index < -0.39 is 5.89 Å². The molecule has 1 aliphatic carbocycles. The zero-order chi connectivity index (χ0) is 16.9. The Morgan fingerprint density at radius 2 is 1.95 bits per heavy atom. The van der Waals surface area contributed by atoms with Gasteiger partial charge in [0.25, 0.3) is 6.30 Å². The van der Waals surface area contributed by atoms with Gasteiger partial charge in [-0.1, -0.05) is 37.5 Å². The molecular formula is C20H25N2+. The third-order valence-corrected chi connectivity index (χ3v) is 5.20. The van der Waals surface area contributed by atoms with Crippen molar-refractivity contribution in [3.8, 4) is 5.69 Å². The molecule has 114 valence electrons. The highest BCUT2D eigenvalue weighted by Gasteiger charge is 2.35. The zero-order valence-electron chi connectivity index (χ0n) is 15.5. The first-order valence-electron chi connectivity index (χ1n) is 9.43. The van der Waals surface area contributed by atoms with E-state index in [0.717, 1.165) is 35.5 Å². The number of aryl methyl sites for hydroxylation is 1. The predicted octanol–water partition coefficient (Wildman–Crippen LogP) is 4.53. The first kappa shape index (κ1) is 11.7. The third-order valence-electron chi connectivity index (χ3n) is 5.20. The summed E-state index contributed by atoms with van der Waals surface area (Å²) in [6, 6.07) is 8.18. The van der Waals surface area contributed by atoms with Crippen molar-refractivity contribution in [3.05, 3.63) is 53.6 Å². The highest BCUT2D eigenvalue weighted by atomic mass is 15.2. The van der Waals surface area contributed by atoms with Crippen molar-refractivity contribution in [1.29, 1.82) is 0 Å². The van der Waals surface area contributed by atoms with Crippen LogP contribution in [-0.4, -0.2) is 4.57 Å². The van der Waals surface area contributed by atoms with E-state index in [9.17, 15) is 1.37 Å². The number of fused-ring (bicyclic) bond motifs is 1. The molecule has 1 aromatic heterocycles. The van der Waals surface area contributed by atoms with Crippen LogP contribution < -0.4 is 4.57 Å². The van der Waals surface area contributed by atoms with Gasteiger partial charge in [0.05, 0.1) is 6.20 Å². The number of aromatic nitrogens is 2. The summed E-state index contributed by atoms with van der Waals surface area (Å²) in [5, 5.41) is 0. The van der Waals surface area contributed by atoms with E-state index in [1.165, 1.54) is 19.3 Å². The molecule has 0 saturated heterocycles. The number of rotatable bonds is 2. The van der Waals surface area contributed by atoms with Gasteiger partial charge in [0.2, 0.25) is 0 Å². The summed E-state index contributed by atoms with van der Waals surface area (Å²) in [7, 11) is 0. The molecule has 1 saturated carbocycles. The first-order valence-corrected chi connectivity index (χ1v) is 8.43. The van der Waals surface area contributed by atoms with E-state index in [4.69, 9.17) is 1.37 Å². The summed E-state index contributed by atoms with van der Waals surface area (Å²) in [5.41, 5.74) is 4.21. The van der Waals surface area contributed by atoms with Gasteiger partial charge >= 0.3 is 0 Å². The average molecular weight is 295 g/mol. The van der Waals surface area contributed by atoms with E-state index in [1.54, 1.807) is 0 Å². The second kappa shape index (κ2) is 5.42. The van der Waals surface area contributed by atoms with Crippen molar-refractivity contribution in [2.24, 2.45) is 5.92 Å². The number of para-hydroxylation sites is 1. The van der Waals surface area contributed by atoms with Crippen LogP contribution in [-0.2, 0) is 0 Å². The molecule has 0 radical (unpaired) electrons. The lowest BCUT2D eigenvalue weighted by Gasteiger charge is -2.25. The molecule has 4 rings (SSSR count). The number of nitrogens with zero attached hydrogens (tertiary/aromatic N) is 2. The Morgan fingerprint density at radius 1 is 1.18 bits per heavy atom. The van der Waals surface area contributed by atoms with E-state index in [2.05, 4.69) is 26.0 Å². The van der Waals surface area contributed by atoms with Crippen LogP contribution in [0.3, 0.4) is 0 Å². The first-order chi connectivity index (χ1) is 11.5. The highest BCUT2D eigenvalue weighted by Crippen LogP contribution is 2.40. The molecule has 0 N–H and O–H groups in total. The predicted molar refractivity (Wildman–Crippen MR) is 90.1 cm³/mol. The van der Waals surface area contributed by atoms with Gasteiger partial charge in [-0.3, -0.25) is 0 Å². The maximum atomic E-state index is 9.22. The van der Waals surface area contributed by atoms with Gasteiger partial charge < -0.3 is 0 Å². The maximum Gasteiger partial charge on any atom is 0.254 e. The van der Waals surface area contributed by atoms with Gasteiger partial charge in [0, 0.05) is 14.2 Å². The molecule has 2 heteroatoms. The molecule has 1 aromatic carbocycles. The smallest absolute Gasteiger partial charge is 0.205 e. The fraction of sp³-hybridized carbons (Fsp3) is 0.450. The fourth-order valence-electron chi connectivity index (χ4n) is 3.99. The summed E-state index contributed by atoms with van der Waals surface area (Å²) >= 11 is 0. The second-order valence-electron chi connectivity index (χ2n) is 6.63. The Morgan fingerprint density at radius 3 is 2.73 bits per heavy atom. The van der Waals surface area contributed by atoms with Crippen molar-refractivity contribution in [1.82, 2.24) is 4.57 Å². The van der Waals surface area contributed by atoms with Gasteiger partial charge in [0.1, 0.15) is 11.4 Å². The lowest BCUT2D eigenvalue weighted by Crippen LogP contribution is -2.33. The Hall–Kier alpha value is -1.83. The molecule has 22 heavy (non-hydrogen) atoms. The summed E-state index contributed by atoms with van der Waals surface area (Å²) in [5.74, 6) is -0.323. The molecule has 2 nitrogen and oxygen atoms in total. The molecule has 2 aliphatic rings. The van der Waals surface area contributed by atoms with Crippen LogP contribution >= 0.6 is 0 Å². The van der Waals surface area contributed by atoms with Crippen LogP contribution in [0.1, 0.15) is 57.7 Å². The van der Waals surface area contributed by atoms with Crippen molar-refractivity contribution >= 4 is 6.20 Å². The quantitative estimate of drug-likeness (QED) is 0.720. The molecule has 1 unspecified atom stereocenters. The number of hydrogen-bond donors (Lipinski definition) is 0. The maximum absolute atomic E-state index is 9.22. The molecule has 2 aromatic rings. The van der Waals surface area contributed by atoms with E-state index in [0.29, 0.717) is 12.2 Å². The number of hydrogen-bond acceptors (Lipinski definition) is 0. The fourth-order valence-corrected chi connectivity index (χ4v) is 3.99. The second-order valence-corrected chi connectivity index (χ2v) is 6.63. The lowest BCUT2D eigenvalue weighted by atomic mass is 9.79. The van der Waals surface area contributed by atoms with Crippen LogP contribution in [0.5, 0.6) is 0 Å². The summed E-state index contributed by atoms with van der Waals surface area (Å²) in [4.78, 5) is 0. The number of benzene rings is 1. The van der Waals surface area contributed by atoms with E-state index >= 15 is 0 Å². The van der Waals surface area contributed by atoms with Gasteiger partial charge in [-0.25, -0.2) is 4.57 Å². The van der Waals surface area contributed by atoms with Gasteiger partial charge in [-0.15, -0.1) is 0 Å². The minimum atomic E-state index is -0.686. The van der Waals surface area contributed by atoms with Crippen LogP contribution in [0.2, 0.25) is 0 Å². The molecular weight excluding hydrogens is 268 g/mol. The van der Waals surface area contributed by atoms with Gasteiger partial charge in [0.15, 0.2) is 7.06 Å². The topological polar surface area (TPSA) is 8.81 Å². The molecule has 1 atom stereocenters. The van der Waals surface area contributed by atoms with Crippen molar-refractivity contribution in [2.45, 2.75) is 51.8 Å². The summed E-state index contributed by atoms with van der Waals surface area (Å²) in [6.45, 7) is 4.14. The SMILES string of the molecule is [2H]c1n2c(c(C)[n+]1-c1ccccc1C)C([2H])(C1CCCCC1)C=C2. The molecule has 2 heterocycles. The van der Waals surface area contributed by atoms with E-state index in [1.807, 2.05) is 33.5 Å². The summed E-state index contributed by atoms with van der Waals surface area (Å²) in [6.07, 6.45) is 10.4. The number of imidazole rings is 1. The molecule has 0 bridgehead atoms. The largest absolute Gasteiger partial charge is 0.254 e. The molecule has 0 spiro atoms. The standard InChI is InChI=1S/C20H25N2/c1-15-8-6-7-11-19(15)22-14-21-13-12-18(20(21)16(22)2)17-9-4-3-5-10-17/h6-8,11-14,17-18H,3-5,9-10H2,1-2H3/q+1/i14D,18D. The van der Waals surface area contributed by atoms with Gasteiger partial charge in [-0.2, -0.15) is 4.57 Å². The van der Waals surface area contributed by atoms with Crippen LogP contribution in [0, 0.1) is 19.8 Å². The highest BCUT2D eigenvalue weighted by molar-refractivity contribution is 5.43. The van der Waals surface area contributed by atoms with Crippen LogP contribution in [0.4, 0.5) is 0 Å². The Balaban J connectivity index is 1.87. The average Bonchev–Trinajstić information content (AvgIpc) is 3.07. The molecule has 1 aliphatic heterocycles. The van der Waals surface area contributed by atoms with Crippen molar-refractivity contribution in [2.75, 3.05) is 0 Å². The number of allylic oxidation sites excluding steroid dienone is 1. The van der Waals surface area contributed by atoms with Crippen molar-refractivity contribution < 1.29 is 7.31 Å². The minimum Gasteiger partial charge on any atom is -0.205 e. The lowest BCUT2D eigenvalue weighted by molar-refractivity contribution is -0.602. The van der Waals surface area contributed by atoms with Crippen molar-refractivity contribution in [3.63, 3.8) is 0 Å². The third kappa shape index (κ3) is 2.13. The van der Waals surface area contributed by atoms with Gasteiger partial charge in [-0.05, 0) is 43.4 Å². The zero-order valence-corrected chi connectivity index (χ0v) is 13.5. The molecule has 1 fully saturated rings. The Labute approximate surface area is 135 Å².